The Bertz CT molecular complexity index is 383. The second-order valence-electron chi connectivity index (χ2n) is 4.58. The van der Waals surface area contributed by atoms with Crippen molar-refractivity contribution in [3.8, 4) is 0 Å². The molecule has 0 bridgehead atoms. The van der Waals surface area contributed by atoms with E-state index in [-0.39, 0.29) is 5.54 Å². The summed E-state index contributed by atoms with van der Waals surface area (Å²) in [5.41, 5.74) is 0.0892. The third-order valence-electron chi connectivity index (χ3n) is 3.08. The van der Waals surface area contributed by atoms with Gasteiger partial charge in [0.1, 0.15) is 4.88 Å². The van der Waals surface area contributed by atoms with Gasteiger partial charge in [-0.05, 0) is 19.8 Å². The van der Waals surface area contributed by atoms with Crippen LogP contribution in [-0.2, 0) is 0 Å². The van der Waals surface area contributed by atoms with Crippen LogP contribution in [0.4, 0.5) is 5.13 Å². The molecule has 1 aliphatic rings. The Hall–Kier alpha value is -1.10. The summed E-state index contributed by atoms with van der Waals surface area (Å²) in [5.74, 6) is -0.903. The first-order valence-electron chi connectivity index (χ1n) is 5.56. The number of anilines is 1. The number of carboxylic acids is 1. The lowest BCUT2D eigenvalue weighted by atomic mass is 9.83. The third kappa shape index (κ3) is 2.52. The van der Waals surface area contributed by atoms with Gasteiger partial charge in [0.15, 0.2) is 5.13 Å². The quantitative estimate of drug-likeness (QED) is 0.852. The Labute approximate surface area is 98.7 Å². The highest BCUT2D eigenvalue weighted by Crippen LogP contribution is 2.32. The molecule has 0 aromatic carbocycles. The molecule has 0 radical (unpaired) electrons. The Morgan fingerprint density at radius 1 is 1.50 bits per heavy atom. The number of aromatic carboxylic acids is 1. The van der Waals surface area contributed by atoms with Gasteiger partial charge in [-0.3, -0.25) is 0 Å². The molecule has 1 fully saturated rings. The van der Waals surface area contributed by atoms with Gasteiger partial charge in [-0.25, -0.2) is 9.78 Å². The molecule has 1 aliphatic carbocycles. The first-order valence-corrected chi connectivity index (χ1v) is 6.38. The van der Waals surface area contributed by atoms with Gasteiger partial charge >= 0.3 is 5.97 Å². The van der Waals surface area contributed by atoms with Crippen LogP contribution in [0.1, 0.15) is 48.7 Å². The summed E-state index contributed by atoms with van der Waals surface area (Å²) in [5, 5.41) is 12.9. The Morgan fingerprint density at radius 2 is 2.19 bits per heavy atom. The fourth-order valence-electron chi connectivity index (χ4n) is 2.15. The number of rotatable bonds is 3. The molecule has 1 aromatic rings. The highest BCUT2D eigenvalue weighted by Gasteiger charge is 2.27. The smallest absolute Gasteiger partial charge is 0.347 e. The Balaban J connectivity index is 2.04. The van der Waals surface area contributed by atoms with E-state index < -0.39 is 5.97 Å². The van der Waals surface area contributed by atoms with Crippen molar-refractivity contribution in [2.24, 2.45) is 0 Å². The van der Waals surface area contributed by atoms with E-state index in [0.29, 0.717) is 4.88 Å². The van der Waals surface area contributed by atoms with Crippen molar-refractivity contribution >= 4 is 22.4 Å². The van der Waals surface area contributed by atoms with Crippen LogP contribution in [0.25, 0.3) is 0 Å². The van der Waals surface area contributed by atoms with Crippen LogP contribution >= 0.6 is 11.3 Å². The molecule has 1 saturated carbocycles. The van der Waals surface area contributed by atoms with E-state index in [0.717, 1.165) is 18.0 Å². The number of nitrogens with zero attached hydrogens (tertiary/aromatic N) is 1. The van der Waals surface area contributed by atoms with Crippen molar-refractivity contribution in [3.63, 3.8) is 0 Å². The second-order valence-corrected chi connectivity index (χ2v) is 5.61. The topological polar surface area (TPSA) is 62.2 Å². The molecule has 0 amide bonds. The van der Waals surface area contributed by atoms with Crippen LogP contribution in [0.15, 0.2) is 6.20 Å². The molecule has 88 valence electrons. The standard InChI is InChI=1S/C11H16N2O2S/c1-11(5-3-2-4-6-11)13-10-12-7-8(16-10)9(14)15/h7H,2-6H2,1H3,(H,12,13)(H,14,15). The predicted molar refractivity (Wildman–Crippen MR) is 64.2 cm³/mol. The number of nitrogens with one attached hydrogen (secondary N) is 1. The van der Waals surface area contributed by atoms with Crippen molar-refractivity contribution in [1.29, 1.82) is 0 Å². The van der Waals surface area contributed by atoms with E-state index in [1.165, 1.54) is 36.8 Å². The lowest BCUT2D eigenvalue weighted by Gasteiger charge is -2.34. The predicted octanol–water partition coefficient (Wildman–Crippen LogP) is 2.98. The van der Waals surface area contributed by atoms with Gasteiger partial charge in [-0.2, -0.15) is 0 Å². The third-order valence-corrected chi connectivity index (χ3v) is 3.98. The van der Waals surface area contributed by atoms with Gasteiger partial charge < -0.3 is 10.4 Å². The zero-order chi connectivity index (χ0) is 11.6. The zero-order valence-electron chi connectivity index (χ0n) is 9.32. The maximum absolute atomic E-state index is 10.7. The van der Waals surface area contributed by atoms with Gasteiger partial charge in [0, 0.05) is 5.54 Å². The first-order chi connectivity index (χ1) is 7.59. The summed E-state index contributed by atoms with van der Waals surface area (Å²) in [4.78, 5) is 15.1. The monoisotopic (exact) mass is 240 g/mol. The molecule has 2 N–H and O–H groups in total. The molecule has 0 aliphatic heterocycles. The summed E-state index contributed by atoms with van der Waals surface area (Å²) in [6.45, 7) is 2.19. The van der Waals surface area contributed by atoms with Crippen LogP contribution in [0.2, 0.25) is 0 Å². The maximum atomic E-state index is 10.7. The number of carboxylic acid groups (broad SMARTS) is 1. The minimum atomic E-state index is -0.903. The number of hydrogen-bond donors (Lipinski definition) is 2. The number of carbonyl (C=O) groups is 1. The van der Waals surface area contributed by atoms with Gasteiger partial charge in [0.25, 0.3) is 0 Å². The van der Waals surface area contributed by atoms with Crippen LogP contribution in [0.5, 0.6) is 0 Å². The van der Waals surface area contributed by atoms with Crippen LogP contribution in [-0.4, -0.2) is 21.6 Å². The van der Waals surface area contributed by atoms with Crippen molar-refractivity contribution in [2.45, 2.75) is 44.6 Å². The van der Waals surface area contributed by atoms with Crippen molar-refractivity contribution < 1.29 is 9.90 Å². The Kier molecular flexibility index (Phi) is 3.14. The van der Waals surface area contributed by atoms with E-state index in [4.69, 9.17) is 5.11 Å². The van der Waals surface area contributed by atoms with Crippen molar-refractivity contribution in [2.75, 3.05) is 5.32 Å². The molecule has 0 atom stereocenters. The zero-order valence-corrected chi connectivity index (χ0v) is 10.1. The van der Waals surface area contributed by atoms with E-state index >= 15 is 0 Å². The molecule has 16 heavy (non-hydrogen) atoms. The lowest BCUT2D eigenvalue weighted by Crippen LogP contribution is -2.36. The summed E-state index contributed by atoms with van der Waals surface area (Å²) in [6.07, 6.45) is 7.46. The van der Waals surface area contributed by atoms with Gasteiger partial charge in [0.05, 0.1) is 6.20 Å². The van der Waals surface area contributed by atoms with Crippen LogP contribution in [0, 0.1) is 0 Å². The van der Waals surface area contributed by atoms with Crippen LogP contribution in [0.3, 0.4) is 0 Å². The molecule has 5 heteroatoms. The lowest BCUT2D eigenvalue weighted by molar-refractivity contribution is 0.0702. The fraction of sp³-hybridized carbons (Fsp3) is 0.636. The van der Waals surface area contributed by atoms with E-state index in [1.54, 1.807) is 0 Å². The second kappa shape index (κ2) is 4.41. The SMILES string of the molecule is CC1(Nc2ncc(C(=O)O)s2)CCCCC1. The summed E-state index contributed by atoms with van der Waals surface area (Å²) in [7, 11) is 0. The van der Waals surface area contributed by atoms with E-state index in [2.05, 4.69) is 17.2 Å². The summed E-state index contributed by atoms with van der Waals surface area (Å²) in [6, 6.07) is 0. The fourth-order valence-corrected chi connectivity index (χ4v) is 2.95. The summed E-state index contributed by atoms with van der Waals surface area (Å²) < 4.78 is 0. The van der Waals surface area contributed by atoms with E-state index in [1.807, 2.05) is 0 Å². The molecule has 1 heterocycles. The largest absolute Gasteiger partial charge is 0.477 e. The number of hydrogen-bond acceptors (Lipinski definition) is 4. The number of aromatic nitrogens is 1. The molecule has 0 saturated heterocycles. The molecule has 0 spiro atoms. The molecular formula is C11H16N2O2S. The molecular weight excluding hydrogens is 224 g/mol. The normalized spacial score (nSPS) is 19.3. The van der Waals surface area contributed by atoms with Gasteiger partial charge in [-0.1, -0.05) is 30.6 Å². The minimum absolute atomic E-state index is 0.0892. The van der Waals surface area contributed by atoms with Crippen molar-refractivity contribution in [3.05, 3.63) is 11.1 Å². The molecule has 0 unspecified atom stereocenters. The highest BCUT2D eigenvalue weighted by atomic mass is 32.1. The molecule has 2 rings (SSSR count). The maximum Gasteiger partial charge on any atom is 0.347 e. The van der Waals surface area contributed by atoms with Gasteiger partial charge in [-0.15, -0.1) is 0 Å². The highest BCUT2D eigenvalue weighted by molar-refractivity contribution is 7.17. The van der Waals surface area contributed by atoms with Gasteiger partial charge in [0.2, 0.25) is 0 Å². The summed E-state index contributed by atoms with van der Waals surface area (Å²) >= 11 is 1.21. The van der Waals surface area contributed by atoms with E-state index in [9.17, 15) is 4.79 Å². The Morgan fingerprint density at radius 3 is 2.75 bits per heavy atom. The van der Waals surface area contributed by atoms with Crippen molar-refractivity contribution in [1.82, 2.24) is 4.98 Å². The molecule has 4 nitrogen and oxygen atoms in total. The average Bonchev–Trinajstić information content (AvgIpc) is 2.66. The van der Waals surface area contributed by atoms with Crippen LogP contribution < -0.4 is 5.32 Å². The molecule has 1 aromatic heterocycles. The minimum Gasteiger partial charge on any atom is -0.477 e. The first kappa shape index (κ1) is 11.4. The number of thiazole rings is 1. The average molecular weight is 240 g/mol.